The van der Waals surface area contributed by atoms with E-state index < -0.39 is 0 Å². The summed E-state index contributed by atoms with van der Waals surface area (Å²) < 4.78 is 1.88. The zero-order valence-corrected chi connectivity index (χ0v) is 9.95. The fraction of sp³-hybridized carbons (Fsp3) is 0.750. The number of aromatic nitrogens is 2. The molecule has 2 rings (SSSR count). The van der Waals surface area contributed by atoms with E-state index in [0.717, 1.165) is 6.42 Å². The van der Waals surface area contributed by atoms with Gasteiger partial charge in [0.25, 0.3) is 0 Å². The summed E-state index contributed by atoms with van der Waals surface area (Å²) in [4.78, 5) is 0. The third-order valence-electron chi connectivity index (χ3n) is 3.71. The molecule has 0 amide bonds. The molecule has 1 atom stereocenters. The molecule has 3 heteroatoms. The number of rotatable bonds is 5. The van der Waals surface area contributed by atoms with Gasteiger partial charge in [0.05, 0.1) is 6.20 Å². The zero-order valence-electron chi connectivity index (χ0n) is 9.95. The van der Waals surface area contributed by atoms with E-state index in [0.29, 0.717) is 11.5 Å². The Labute approximate surface area is 91.9 Å². The highest BCUT2D eigenvalue weighted by atomic mass is 15.2. The molecule has 1 aromatic rings. The topological polar surface area (TPSA) is 29.9 Å². The van der Waals surface area contributed by atoms with Crippen LogP contribution in [-0.4, -0.2) is 22.9 Å². The molecule has 0 radical (unpaired) electrons. The second kappa shape index (κ2) is 3.97. The maximum absolute atomic E-state index is 4.19. The molecule has 1 N–H and O–H groups in total. The number of hydrogen-bond donors (Lipinski definition) is 1. The average Bonchev–Trinajstić information content (AvgIpc) is 2.80. The lowest BCUT2D eigenvalue weighted by Gasteiger charge is -2.22. The summed E-state index contributed by atoms with van der Waals surface area (Å²) in [6, 6.07) is 0.665. The van der Waals surface area contributed by atoms with E-state index in [9.17, 15) is 0 Å². The van der Waals surface area contributed by atoms with E-state index in [4.69, 9.17) is 0 Å². The minimum atomic E-state index is 0.566. The average molecular weight is 207 g/mol. The van der Waals surface area contributed by atoms with Gasteiger partial charge in [0.15, 0.2) is 0 Å². The number of aryl methyl sites for hydroxylation is 2. The lowest BCUT2D eigenvalue weighted by molar-refractivity contribution is 0.358. The lowest BCUT2D eigenvalue weighted by atomic mass is 9.93. The molecule has 1 aromatic heterocycles. The summed E-state index contributed by atoms with van der Waals surface area (Å²) in [5, 5.41) is 7.65. The fourth-order valence-electron chi connectivity index (χ4n) is 2.30. The second-order valence-electron chi connectivity index (χ2n) is 5.06. The molecule has 1 fully saturated rings. The van der Waals surface area contributed by atoms with Crippen LogP contribution in [0, 0.1) is 5.41 Å². The van der Waals surface area contributed by atoms with Crippen molar-refractivity contribution >= 4 is 0 Å². The molecule has 0 aliphatic heterocycles. The van der Waals surface area contributed by atoms with E-state index in [1.807, 2.05) is 17.9 Å². The molecule has 84 valence electrons. The SMILES string of the molecule is CNC(CCc1cnn(C)c1)C1(C)CC1. The van der Waals surface area contributed by atoms with Crippen LogP contribution in [0.4, 0.5) is 0 Å². The van der Waals surface area contributed by atoms with Gasteiger partial charge in [-0.2, -0.15) is 5.10 Å². The minimum Gasteiger partial charge on any atom is -0.316 e. The van der Waals surface area contributed by atoms with E-state index in [2.05, 4.69) is 30.6 Å². The number of hydrogen-bond acceptors (Lipinski definition) is 2. The van der Waals surface area contributed by atoms with Crippen molar-refractivity contribution in [2.75, 3.05) is 7.05 Å². The molecule has 1 saturated carbocycles. The van der Waals surface area contributed by atoms with Gasteiger partial charge < -0.3 is 5.32 Å². The van der Waals surface area contributed by atoms with Crippen LogP contribution in [0.3, 0.4) is 0 Å². The molecule has 3 nitrogen and oxygen atoms in total. The van der Waals surface area contributed by atoms with Gasteiger partial charge in [-0.1, -0.05) is 6.92 Å². The van der Waals surface area contributed by atoms with Crippen LogP contribution in [-0.2, 0) is 13.5 Å². The summed E-state index contributed by atoms with van der Waals surface area (Å²) >= 11 is 0. The maximum atomic E-state index is 4.19. The van der Waals surface area contributed by atoms with Gasteiger partial charge >= 0.3 is 0 Å². The van der Waals surface area contributed by atoms with Crippen molar-refractivity contribution in [2.45, 2.75) is 38.6 Å². The molecule has 1 heterocycles. The molecule has 0 bridgehead atoms. The predicted octanol–water partition coefficient (Wildman–Crippen LogP) is 1.74. The van der Waals surface area contributed by atoms with Crippen LogP contribution in [0.2, 0.25) is 0 Å². The Hall–Kier alpha value is -0.830. The monoisotopic (exact) mass is 207 g/mol. The van der Waals surface area contributed by atoms with Gasteiger partial charge in [-0.3, -0.25) is 4.68 Å². The molecular formula is C12H21N3. The largest absolute Gasteiger partial charge is 0.316 e. The third-order valence-corrected chi connectivity index (χ3v) is 3.71. The Bertz CT molecular complexity index is 325. The first kappa shape index (κ1) is 10.7. The van der Waals surface area contributed by atoms with Gasteiger partial charge in [0.2, 0.25) is 0 Å². The second-order valence-corrected chi connectivity index (χ2v) is 5.06. The number of nitrogens with one attached hydrogen (secondary N) is 1. The van der Waals surface area contributed by atoms with Gasteiger partial charge in [0.1, 0.15) is 0 Å². The summed E-state index contributed by atoms with van der Waals surface area (Å²) in [5.41, 5.74) is 1.92. The van der Waals surface area contributed by atoms with Crippen molar-refractivity contribution < 1.29 is 0 Å². The maximum Gasteiger partial charge on any atom is 0.0521 e. The first-order valence-electron chi connectivity index (χ1n) is 5.79. The van der Waals surface area contributed by atoms with Crippen LogP contribution in [0.25, 0.3) is 0 Å². The van der Waals surface area contributed by atoms with Crippen LogP contribution >= 0.6 is 0 Å². The molecule has 1 aliphatic carbocycles. The Morgan fingerprint density at radius 2 is 2.33 bits per heavy atom. The lowest BCUT2D eigenvalue weighted by Crippen LogP contribution is -2.33. The van der Waals surface area contributed by atoms with Crippen LogP contribution in [0.1, 0.15) is 31.7 Å². The van der Waals surface area contributed by atoms with Gasteiger partial charge in [0, 0.05) is 19.3 Å². The van der Waals surface area contributed by atoms with Gasteiger partial charge in [-0.15, -0.1) is 0 Å². The Morgan fingerprint density at radius 3 is 2.80 bits per heavy atom. The van der Waals surface area contributed by atoms with Gasteiger partial charge in [-0.25, -0.2) is 0 Å². The fourth-order valence-corrected chi connectivity index (χ4v) is 2.30. The van der Waals surface area contributed by atoms with Crippen LogP contribution < -0.4 is 5.32 Å². The molecule has 0 spiro atoms. The molecule has 1 unspecified atom stereocenters. The standard InChI is InChI=1S/C12H21N3/c1-12(6-7-12)11(13-2)5-4-10-8-14-15(3)9-10/h8-9,11,13H,4-7H2,1-3H3. The molecular weight excluding hydrogens is 186 g/mol. The molecule has 15 heavy (non-hydrogen) atoms. The Kier molecular flexibility index (Phi) is 2.83. The zero-order chi connectivity index (χ0) is 10.9. The van der Waals surface area contributed by atoms with Crippen molar-refractivity contribution in [1.29, 1.82) is 0 Å². The van der Waals surface area contributed by atoms with E-state index in [1.54, 1.807) is 0 Å². The summed E-state index contributed by atoms with van der Waals surface area (Å²) in [6.45, 7) is 2.39. The quantitative estimate of drug-likeness (QED) is 0.797. The van der Waals surface area contributed by atoms with Crippen molar-refractivity contribution in [2.24, 2.45) is 12.5 Å². The molecule has 0 saturated heterocycles. The minimum absolute atomic E-state index is 0.566. The van der Waals surface area contributed by atoms with Crippen LogP contribution in [0.5, 0.6) is 0 Å². The first-order chi connectivity index (χ1) is 7.14. The highest BCUT2D eigenvalue weighted by Gasteiger charge is 2.43. The highest BCUT2D eigenvalue weighted by Crippen LogP contribution is 2.49. The summed E-state index contributed by atoms with van der Waals surface area (Å²) in [6.07, 6.45) is 9.20. The van der Waals surface area contributed by atoms with Crippen molar-refractivity contribution in [3.05, 3.63) is 18.0 Å². The predicted molar refractivity (Wildman–Crippen MR) is 61.7 cm³/mol. The van der Waals surface area contributed by atoms with Crippen molar-refractivity contribution in [3.8, 4) is 0 Å². The van der Waals surface area contributed by atoms with Crippen LogP contribution in [0.15, 0.2) is 12.4 Å². The third kappa shape index (κ3) is 2.40. The van der Waals surface area contributed by atoms with Gasteiger partial charge in [-0.05, 0) is 43.7 Å². The summed E-state index contributed by atoms with van der Waals surface area (Å²) in [7, 11) is 4.05. The van der Waals surface area contributed by atoms with E-state index in [1.165, 1.54) is 24.8 Å². The Morgan fingerprint density at radius 1 is 1.60 bits per heavy atom. The summed E-state index contributed by atoms with van der Waals surface area (Å²) in [5.74, 6) is 0. The van der Waals surface area contributed by atoms with E-state index in [-0.39, 0.29) is 0 Å². The van der Waals surface area contributed by atoms with Crippen molar-refractivity contribution in [1.82, 2.24) is 15.1 Å². The highest BCUT2D eigenvalue weighted by molar-refractivity contribution is 5.06. The molecule has 0 aromatic carbocycles. The smallest absolute Gasteiger partial charge is 0.0521 e. The van der Waals surface area contributed by atoms with Crippen molar-refractivity contribution in [3.63, 3.8) is 0 Å². The van der Waals surface area contributed by atoms with E-state index >= 15 is 0 Å². The normalized spacial score (nSPS) is 20.2. The first-order valence-corrected chi connectivity index (χ1v) is 5.79. The molecule has 1 aliphatic rings. The number of nitrogens with zero attached hydrogens (tertiary/aromatic N) is 2. The Balaban J connectivity index is 1.86.